The molecule has 0 saturated carbocycles. The van der Waals surface area contributed by atoms with E-state index < -0.39 is 0 Å². The Hall–Kier alpha value is -3.39. The van der Waals surface area contributed by atoms with Crippen molar-refractivity contribution in [3.63, 3.8) is 0 Å². The fourth-order valence-corrected chi connectivity index (χ4v) is 2.32. The van der Waals surface area contributed by atoms with Gasteiger partial charge in [-0.2, -0.15) is 10.4 Å². The molecule has 0 fully saturated rings. The van der Waals surface area contributed by atoms with E-state index in [0.717, 1.165) is 11.3 Å². The lowest BCUT2D eigenvalue weighted by Crippen LogP contribution is -2.12. The number of nitrogens with zero attached hydrogens (tertiary/aromatic N) is 3. The van der Waals surface area contributed by atoms with Crippen molar-refractivity contribution < 1.29 is 4.79 Å². The first kappa shape index (κ1) is 15.5. The number of carbonyl (C=O) groups is 1. The number of nitrogens with one attached hydrogen (secondary N) is 1. The minimum absolute atomic E-state index is 0.0628. The molecule has 3 rings (SSSR count). The fraction of sp³-hybridized carbons (Fsp3) is 0.105. The summed E-state index contributed by atoms with van der Waals surface area (Å²) >= 11 is 0. The predicted molar refractivity (Wildman–Crippen MR) is 91.7 cm³/mol. The maximum absolute atomic E-state index is 12.0. The van der Waals surface area contributed by atoms with Crippen LogP contribution >= 0.6 is 0 Å². The molecule has 0 atom stereocenters. The molecule has 5 nitrogen and oxygen atoms in total. The van der Waals surface area contributed by atoms with E-state index in [1.807, 2.05) is 42.6 Å². The summed E-state index contributed by atoms with van der Waals surface area (Å²) < 4.78 is 1.80. The van der Waals surface area contributed by atoms with Gasteiger partial charge >= 0.3 is 0 Å². The Morgan fingerprint density at radius 3 is 2.58 bits per heavy atom. The molecule has 0 unspecified atom stereocenters. The summed E-state index contributed by atoms with van der Waals surface area (Å²) in [5, 5.41) is 15.9. The Bertz CT molecular complexity index is 860. The van der Waals surface area contributed by atoms with Gasteiger partial charge in [-0.3, -0.25) is 4.79 Å². The lowest BCUT2D eigenvalue weighted by Gasteiger charge is -2.04. The van der Waals surface area contributed by atoms with E-state index in [2.05, 4.69) is 10.4 Å². The third-order valence-corrected chi connectivity index (χ3v) is 3.60. The second-order valence-corrected chi connectivity index (χ2v) is 5.37. The molecule has 0 saturated heterocycles. The van der Waals surface area contributed by atoms with Gasteiger partial charge in [0.15, 0.2) is 0 Å². The van der Waals surface area contributed by atoms with Crippen molar-refractivity contribution in [2.24, 2.45) is 0 Å². The Kier molecular flexibility index (Phi) is 4.68. The third-order valence-electron chi connectivity index (χ3n) is 3.60. The van der Waals surface area contributed by atoms with Crippen LogP contribution in [0.25, 0.3) is 5.69 Å². The molecule has 0 aliphatic carbocycles. The number of para-hydroxylation sites is 1. The molecule has 118 valence electrons. The zero-order chi connectivity index (χ0) is 16.8. The van der Waals surface area contributed by atoms with Gasteiger partial charge in [-0.1, -0.05) is 18.2 Å². The van der Waals surface area contributed by atoms with Gasteiger partial charge in [0.05, 0.1) is 23.5 Å². The lowest BCUT2D eigenvalue weighted by atomic mass is 10.2. The molecule has 5 heteroatoms. The molecule has 0 aliphatic rings. The summed E-state index contributed by atoms with van der Waals surface area (Å²) in [6, 6.07) is 18.7. The van der Waals surface area contributed by atoms with E-state index in [1.165, 1.54) is 0 Å². The number of anilines is 1. The SMILES string of the molecule is N#Cc1ccc(NC(=O)CCc2cnn(-c3ccccc3)c2)cc1. The van der Waals surface area contributed by atoms with Crippen molar-refractivity contribution in [1.82, 2.24) is 9.78 Å². The van der Waals surface area contributed by atoms with E-state index in [-0.39, 0.29) is 5.91 Å². The molecule has 2 aromatic carbocycles. The molecule has 24 heavy (non-hydrogen) atoms. The van der Waals surface area contributed by atoms with Crippen molar-refractivity contribution in [2.45, 2.75) is 12.8 Å². The summed E-state index contributed by atoms with van der Waals surface area (Å²) in [5.74, 6) is -0.0628. The van der Waals surface area contributed by atoms with E-state index in [1.54, 1.807) is 35.1 Å². The quantitative estimate of drug-likeness (QED) is 0.785. The van der Waals surface area contributed by atoms with Crippen molar-refractivity contribution in [3.05, 3.63) is 78.1 Å². The molecule has 0 spiro atoms. The number of benzene rings is 2. The maximum Gasteiger partial charge on any atom is 0.224 e. The first-order valence-corrected chi connectivity index (χ1v) is 7.63. The molecule has 0 bridgehead atoms. The van der Waals surface area contributed by atoms with Crippen molar-refractivity contribution >= 4 is 11.6 Å². The highest BCUT2D eigenvalue weighted by Crippen LogP contribution is 2.11. The van der Waals surface area contributed by atoms with Gasteiger partial charge in [0.1, 0.15) is 0 Å². The van der Waals surface area contributed by atoms with Gasteiger partial charge in [-0.05, 0) is 48.4 Å². The van der Waals surface area contributed by atoms with Crippen LogP contribution in [0.2, 0.25) is 0 Å². The van der Waals surface area contributed by atoms with Crippen LogP contribution in [0.3, 0.4) is 0 Å². The Balaban J connectivity index is 1.55. The summed E-state index contributed by atoms with van der Waals surface area (Å²) in [6.07, 6.45) is 4.71. The average Bonchev–Trinajstić information content (AvgIpc) is 3.10. The molecule has 3 aromatic rings. The van der Waals surface area contributed by atoms with E-state index >= 15 is 0 Å². The monoisotopic (exact) mass is 316 g/mol. The molecule has 0 radical (unpaired) electrons. The standard InChI is InChI=1S/C19H16N4O/c20-12-15-6-9-17(10-7-15)22-19(24)11-8-16-13-21-23(14-16)18-4-2-1-3-5-18/h1-7,9-10,13-14H,8,11H2,(H,22,24). The Labute approximate surface area is 140 Å². The van der Waals surface area contributed by atoms with Gasteiger partial charge < -0.3 is 5.32 Å². The molecule has 1 N–H and O–H groups in total. The van der Waals surface area contributed by atoms with Crippen LogP contribution in [0, 0.1) is 11.3 Å². The number of carbonyl (C=O) groups excluding carboxylic acids is 1. The van der Waals surface area contributed by atoms with E-state index in [0.29, 0.717) is 24.1 Å². The molecular formula is C19H16N4O. The minimum Gasteiger partial charge on any atom is -0.326 e. The van der Waals surface area contributed by atoms with Crippen LogP contribution in [0.4, 0.5) is 5.69 Å². The summed E-state index contributed by atoms with van der Waals surface area (Å²) in [5.41, 5.74) is 3.26. The first-order valence-electron chi connectivity index (χ1n) is 7.63. The van der Waals surface area contributed by atoms with Crippen molar-refractivity contribution in [3.8, 4) is 11.8 Å². The van der Waals surface area contributed by atoms with Crippen LogP contribution in [0.1, 0.15) is 17.5 Å². The normalized spacial score (nSPS) is 10.1. The number of aryl methyl sites for hydroxylation is 1. The topological polar surface area (TPSA) is 70.7 Å². The summed E-state index contributed by atoms with van der Waals surface area (Å²) in [7, 11) is 0. The third kappa shape index (κ3) is 3.87. The maximum atomic E-state index is 12.0. The van der Waals surface area contributed by atoms with Gasteiger partial charge in [0.25, 0.3) is 0 Å². The molecule has 1 heterocycles. The second kappa shape index (κ2) is 7.25. The smallest absolute Gasteiger partial charge is 0.224 e. The number of rotatable bonds is 5. The molecule has 1 aromatic heterocycles. The Morgan fingerprint density at radius 2 is 1.88 bits per heavy atom. The number of nitriles is 1. The van der Waals surface area contributed by atoms with Crippen molar-refractivity contribution in [1.29, 1.82) is 5.26 Å². The number of hydrogen-bond acceptors (Lipinski definition) is 3. The fourth-order valence-electron chi connectivity index (χ4n) is 2.32. The molecule has 1 amide bonds. The highest BCUT2D eigenvalue weighted by molar-refractivity contribution is 5.90. The van der Waals surface area contributed by atoms with Crippen LogP contribution in [0.15, 0.2) is 67.0 Å². The predicted octanol–water partition coefficient (Wildman–Crippen LogP) is 3.32. The molecule has 0 aliphatic heterocycles. The summed E-state index contributed by atoms with van der Waals surface area (Å²) in [4.78, 5) is 12.0. The second-order valence-electron chi connectivity index (χ2n) is 5.37. The zero-order valence-electron chi connectivity index (χ0n) is 13.0. The highest BCUT2D eigenvalue weighted by Gasteiger charge is 2.06. The minimum atomic E-state index is -0.0628. The van der Waals surface area contributed by atoms with Crippen LogP contribution in [0.5, 0.6) is 0 Å². The van der Waals surface area contributed by atoms with Crippen LogP contribution in [-0.4, -0.2) is 15.7 Å². The zero-order valence-corrected chi connectivity index (χ0v) is 13.0. The van der Waals surface area contributed by atoms with Gasteiger partial charge in [0.2, 0.25) is 5.91 Å². The van der Waals surface area contributed by atoms with Gasteiger partial charge in [-0.15, -0.1) is 0 Å². The number of hydrogen-bond donors (Lipinski definition) is 1. The largest absolute Gasteiger partial charge is 0.326 e. The number of aromatic nitrogens is 2. The van der Waals surface area contributed by atoms with Crippen molar-refractivity contribution in [2.75, 3.05) is 5.32 Å². The number of amides is 1. The Morgan fingerprint density at radius 1 is 1.12 bits per heavy atom. The first-order chi connectivity index (χ1) is 11.7. The van der Waals surface area contributed by atoms with E-state index in [4.69, 9.17) is 5.26 Å². The summed E-state index contributed by atoms with van der Waals surface area (Å²) in [6.45, 7) is 0. The average molecular weight is 316 g/mol. The van der Waals surface area contributed by atoms with Gasteiger partial charge in [0, 0.05) is 18.3 Å². The van der Waals surface area contributed by atoms with Crippen LogP contribution < -0.4 is 5.32 Å². The van der Waals surface area contributed by atoms with Crippen LogP contribution in [-0.2, 0) is 11.2 Å². The van der Waals surface area contributed by atoms with Gasteiger partial charge in [-0.25, -0.2) is 4.68 Å². The van der Waals surface area contributed by atoms with E-state index in [9.17, 15) is 4.79 Å². The molecular weight excluding hydrogens is 300 g/mol. The lowest BCUT2D eigenvalue weighted by molar-refractivity contribution is -0.116. The highest BCUT2D eigenvalue weighted by atomic mass is 16.1.